The number of hydrogen-bond acceptors (Lipinski definition) is 4. The standard InChI is InChI=1S/C19H31NO4S/c1-14(2)17-13-19(15(3)12-18(17)23-4)25(21,22)20-10-7-11-24-16-8-5-6-9-16/h12-14,16,20H,5-11H2,1-4H3. The lowest BCUT2D eigenvalue weighted by atomic mass is 10.0. The summed E-state index contributed by atoms with van der Waals surface area (Å²) in [7, 11) is -1.92. The lowest BCUT2D eigenvalue weighted by molar-refractivity contribution is 0.0575. The molecule has 1 aromatic carbocycles. The third kappa shape index (κ3) is 5.43. The molecule has 0 radical (unpaired) electrons. The highest BCUT2D eigenvalue weighted by Crippen LogP contribution is 2.31. The molecule has 0 aliphatic heterocycles. The molecule has 5 nitrogen and oxygen atoms in total. The first-order valence-electron chi connectivity index (χ1n) is 9.15. The normalized spacial score (nSPS) is 15.9. The Labute approximate surface area is 152 Å². The molecule has 0 saturated heterocycles. The highest BCUT2D eigenvalue weighted by molar-refractivity contribution is 7.89. The van der Waals surface area contributed by atoms with Gasteiger partial charge < -0.3 is 9.47 Å². The van der Waals surface area contributed by atoms with E-state index in [2.05, 4.69) is 4.72 Å². The predicted octanol–water partition coefficient (Wildman–Crippen LogP) is 3.75. The number of hydrogen-bond donors (Lipinski definition) is 1. The molecule has 1 aliphatic carbocycles. The van der Waals surface area contributed by atoms with Crippen molar-refractivity contribution in [3.05, 3.63) is 23.3 Å². The number of aryl methyl sites for hydroxylation is 1. The molecule has 1 saturated carbocycles. The minimum absolute atomic E-state index is 0.185. The molecule has 0 spiro atoms. The zero-order valence-corrected chi connectivity index (χ0v) is 16.6. The van der Waals surface area contributed by atoms with Crippen LogP contribution in [-0.4, -0.2) is 34.8 Å². The van der Waals surface area contributed by atoms with Gasteiger partial charge in [-0.1, -0.05) is 26.7 Å². The molecular formula is C19H31NO4S. The fourth-order valence-corrected chi connectivity index (χ4v) is 4.59. The van der Waals surface area contributed by atoms with E-state index in [1.165, 1.54) is 12.8 Å². The second-order valence-electron chi connectivity index (χ2n) is 7.04. The van der Waals surface area contributed by atoms with Gasteiger partial charge in [-0.05, 0) is 55.4 Å². The molecule has 0 atom stereocenters. The molecule has 142 valence electrons. The number of sulfonamides is 1. The topological polar surface area (TPSA) is 64.6 Å². The van der Waals surface area contributed by atoms with Crippen molar-refractivity contribution in [3.8, 4) is 5.75 Å². The Morgan fingerprint density at radius 3 is 2.52 bits per heavy atom. The Morgan fingerprint density at radius 1 is 1.24 bits per heavy atom. The summed E-state index contributed by atoms with van der Waals surface area (Å²) >= 11 is 0. The van der Waals surface area contributed by atoms with Crippen LogP contribution in [0.15, 0.2) is 17.0 Å². The van der Waals surface area contributed by atoms with Crippen molar-refractivity contribution in [3.63, 3.8) is 0 Å². The van der Waals surface area contributed by atoms with Gasteiger partial charge in [0.05, 0.1) is 18.1 Å². The van der Waals surface area contributed by atoms with Crippen LogP contribution in [0, 0.1) is 6.92 Å². The fourth-order valence-electron chi connectivity index (χ4n) is 3.26. The average molecular weight is 370 g/mol. The number of methoxy groups -OCH3 is 1. The van der Waals surface area contributed by atoms with Gasteiger partial charge in [0.15, 0.2) is 0 Å². The maximum atomic E-state index is 12.7. The monoisotopic (exact) mass is 369 g/mol. The van der Waals surface area contributed by atoms with E-state index in [9.17, 15) is 8.42 Å². The van der Waals surface area contributed by atoms with E-state index in [0.29, 0.717) is 36.1 Å². The Balaban J connectivity index is 1.97. The van der Waals surface area contributed by atoms with Crippen molar-refractivity contribution in [1.29, 1.82) is 0 Å². The summed E-state index contributed by atoms with van der Waals surface area (Å²) in [4.78, 5) is 0.328. The summed E-state index contributed by atoms with van der Waals surface area (Å²) in [6, 6.07) is 3.53. The first-order valence-corrected chi connectivity index (χ1v) is 10.6. The molecule has 0 bridgehead atoms. The summed E-state index contributed by atoms with van der Waals surface area (Å²) in [6.07, 6.45) is 5.80. The van der Waals surface area contributed by atoms with Crippen molar-refractivity contribution in [2.24, 2.45) is 0 Å². The minimum atomic E-state index is -3.53. The Bertz CT molecular complexity index is 664. The lowest BCUT2D eigenvalue weighted by Crippen LogP contribution is -2.27. The smallest absolute Gasteiger partial charge is 0.240 e. The highest BCUT2D eigenvalue weighted by atomic mass is 32.2. The van der Waals surface area contributed by atoms with Crippen LogP contribution in [0.25, 0.3) is 0 Å². The van der Waals surface area contributed by atoms with Gasteiger partial charge in [-0.15, -0.1) is 0 Å². The fraction of sp³-hybridized carbons (Fsp3) is 0.684. The number of nitrogens with one attached hydrogen (secondary N) is 1. The molecule has 0 amide bonds. The number of benzene rings is 1. The molecule has 0 aromatic heterocycles. The summed E-state index contributed by atoms with van der Waals surface area (Å²) < 4.78 is 39.2. The summed E-state index contributed by atoms with van der Waals surface area (Å²) in [5.74, 6) is 0.917. The average Bonchev–Trinajstić information content (AvgIpc) is 3.06. The third-order valence-electron chi connectivity index (χ3n) is 4.71. The van der Waals surface area contributed by atoms with Gasteiger partial charge in [0.25, 0.3) is 0 Å². The SMILES string of the molecule is COc1cc(C)c(S(=O)(=O)NCCCOC2CCCC2)cc1C(C)C. The van der Waals surface area contributed by atoms with E-state index in [1.54, 1.807) is 26.2 Å². The maximum absolute atomic E-state index is 12.7. The maximum Gasteiger partial charge on any atom is 0.240 e. The van der Waals surface area contributed by atoms with E-state index in [1.807, 2.05) is 13.8 Å². The molecule has 25 heavy (non-hydrogen) atoms. The summed E-state index contributed by atoms with van der Waals surface area (Å²) in [5, 5.41) is 0. The van der Waals surface area contributed by atoms with Crippen LogP contribution in [0.3, 0.4) is 0 Å². The van der Waals surface area contributed by atoms with Gasteiger partial charge in [0.2, 0.25) is 10.0 Å². The molecule has 6 heteroatoms. The molecule has 1 N–H and O–H groups in total. The second-order valence-corrected chi connectivity index (χ2v) is 8.78. The van der Waals surface area contributed by atoms with Crippen molar-refractivity contribution < 1.29 is 17.9 Å². The minimum Gasteiger partial charge on any atom is -0.496 e. The van der Waals surface area contributed by atoms with E-state index < -0.39 is 10.0 Å². The van der Waals surface area contributed by atoms with Gasteiger partial charge in [0.1, 0.15) is 5.75 Å². The third-order valence-corrected chi connectivity index (χ3v) is 6.31. The molecule has 1 aliphatic rings. The van der Waals surface area contributed by atoms with Gasteiger partial charge in [-0.2, -0.15) is 0 Å². The molecular weight excluding hydrogens is 338 g/mol. The quantitative estimate of drug-likeness (QED) is 0.673. The van der Waals surface area contributed by atoms with Gasteiger partial charge in [-0.3, -0.25) is 0 Å². The van der Waals surface area contributed by atoms with Crippen molar-refractivity contribution in [2.75, 3.05) is 20.3 Å². The van der Waals surface area contributed by atoms with Crippen molar-refractivity contribution in [2.45, 2.75) is 69.8 Å². The molecule has 1 fully saturated rings. The van der Waals surface area contributed by atoms with Crippen LogP contribution < -0.4 is 9.46 Å². The van der Waals surface area contributed by atoms with E-state index in [-0.39, 0.29) is 5.92 Å². The van der Waals surface area contributed by atoms with Crippen LogP contribution in [-0.2, 0) is 14.8 Å². The van der Waals surface area contributed by atoms with Crippen LogP contribution in [0.5, 0.6) is 5.75 Å². The van der Waals surface area contributed by atoms with Crippen LogP contribution in [0.2, 0.25) is 0 Å². The zero-order valence-electron chi connectivity index (χ0n) is 15.8. The molecule has 0 unspecified atom stereocenters. The van der Waals surface area contributed by atoms with Crippen LogP contribution >= 0.6 is 0 Å². The van der Waals surface area contributed by atoms with Crippen LogP contribution in [0.1, 0.15) is 63.0 Å². The Kier molecular flexibility index (Phi) is 7.28. The molecule has 1 aromatic rings. The van der Waals surface area contributed by atoms with E-state index >= 15 is 0 Å². The number of rotatable bonds is 9. The first-order chi connectivity index (χ1) is 11.8. The summed E-state index contributed by atoms with van der Waals surface area (Å²) in [6.45, 7) is 6.84. The second kappa shape index (κ2) is 9.01. The first kappa shape index (κ1) is 20.2. The Morgan fingerprint density at radius 2 is 1.92 bits per heavy atom. The zero-order chi connectivity index (χ0) is 18.4. The summed E-state index contributed by atoms with van der Waals surface area (Å²) in [5.41, 5.74) is 1.59. The van der Waals surface area contributed by atoms with E-state index in [0.717, 1.165) is 24.2 Å². The van der Waals surface area contributed by atoms with Gasteiger partial charge in [-0.25, -0.2) is 13.1 Å². The van der Waals surface area contributed by atoms with Gasteiger partial charge >= 0.3 is 0 Å². The molecule has 0 heterocycles. The van der Waals surface area contributed by atoms with Crippen molar-refractivity contribution in [1.82, 2.24) is 4.72 Å². The van der Waals surface area contributed by atoms with Gasteiger partial charge in [0, 0.05) is 13.2 Å². The predicted molar refractivity (Wildman–Crippen MR) is 99.8 cm³/mol. The highest BCUT2D eigenvalue weighted by Gasteiger charge is 2.21. The van der Waals surface area contributed by atoms with Crippen LogP contribution in [0.4, 0.5) is 0 Å². The molecule has 2 rings (SSSR count). The largest absolute Gasteiger partial charge is 0.496 e. The van der Waals surface area contributed by atoms with Crippen molar-refractivity contribution >= 4 is 10.0 Å². The lowest BCUT2D eigenvalue weighted by Gasteiger charge is -2.17. The Hall–Kier alpha value is -1.11. The van der Waals surface area contributed by atoms with E-state index in [4.69, 9.17) is 9.47 Å². The number of ether oxygens (including phenoxy) is 2.